The molecule has 0 radical (unpaired) electrons. The summed E-state index contributed by atoms with van der Waals surface area (Å²) in [6.07, 6.45) is 6.01. The number of pyridine rings is 1. The Labute approximate surface area is 158 Å². The first-order valence-corrected chi connectivity index (χ1v) is 10.3. The van der Waals surface area contributed by atoms with Crippen molar-refractivity contribution in [1.82, 2.24) is 9.29 Å². The monoisotopic (exact) mass is 390 g/mol. The molecule has 1 aliphatic heterocycles. The van der Waals surface area contributed by atoms with Gasteiger partial charge in [-0.25, -0.2) is 8.42 Å². The Morgan fingerprint density at radius 1 is 1.22 bits per heavy atom. The van der Waals surface area contributed by atoms with Gasteiger partial charge in [0.05, 0.1) is 9.82 Å². The Morgan fingerprint density at radius 2 is 1.96 bits per heavy atom. The maximum atomic E-state index is 12.8. The summed E-state index contributed by atoms with van der Waals surface area (Å²) in [5, 5.41) is 14.5. The van der Waals surface area contributed by atoms with Gasteiger partial charge in [0.2, 0.25) is 10.0 Å². The number of aromatic nitrogens is 1. The molecular formula is C18H22N4O4S. The minimum absolute atomic E-state index is 0.0401. The quantitative estimate of drug-likeness (QED) is 0.600. The van der Waals surface area contributed by atoms with E-state index in [0.29, 0.717) is 19.6 Å². The normalized spacial score (nSPS) is 15.4. The molecule has 2 aromatic rings. The van der Waals surface area contributed by atoms with Crippen LogP contribution < -0.4 is 5.32 Å². The van der Waals surface area contributed by atoms with Gasteiger partial charge in [0.15, 0.2) is 0 Å². The van der Waals surface area contributed by atoms with Crippen LogP contribution in [0, 0.1) is 17.0 Å². The van der Waals surface area contributed by atoms with Crippen LogP contribution in [0.15, 0.2) is 41.6 Å². The second kappa shape index (κ2) is 8.01. The number of aryl methyl sites for hydroxylation is 1. The van der Waals surface area contributed by atoms with Crippen LogP contribution >= 0.6 is 0 Å². The van der Waals surface area contributed by atoms with Gasteiger partial charge in [-0.15, -0.1) is 0 Å². The fourth-order valence-electron chi connectivity index (χ4n) is 3.12. The van der Waals surface area contributed by atoms with Gasteiger partial charge in [0.1, 0.15) is 5.69 Å². The molecule has 8 nitrogen and oxygen atoms in total. The lowest BCUT2D eigenvalue weighted by Crippen LogP contribution is -2.35. The summed E-state index contributed by atoms with van der Waals surface area (Å²) >= 11 is 0. The molecule has 1 aromatic heterocycles. The topological polar surface area (TPSA) is 105 Å². The number of rotatable bonds is 6. The molecule has 1 N–H and O–H groups in total. The van der Waals surface area contributed by atoms with Crippen LogP contribution in [0.4, 0.5) is 11.4 Å². The molecule has 0 spiro atoms. The highest BCUT2D eigenvalue weighted by Gasteiger charge is 2.28. The first-order chi connectivity index (χ1) is 12.9. The first-order valence-electron chi connectivity index (χ1n) is 8.81. The maximum Gasteiger partial charge on any atom is 0.293 e. The van der Waals surface area contributed by atoms with Crippen LogP contribution in [0.1, 0.15) is 30.4 Å². The summed E-state index contributed by atoms with van der Waals surface area (Å²) < 4.78 is 27.0. The van der Waals surface area contributed by atoms with E-state index in [4.69, 9.17) is 0 Å². The third-order valence-electron chi connectivity index (χ3n) is 4.72. The second-order valence-corrected chi connectivity index (χ2v) is 8.49. The largest absolute Gasteiger partial charge is 0.375 e. The minimum Gasteiger partial charge on any atom is -0.375 e. The number of nitro benzene ring substituents is 1. The first kappa shape index (κ1) is 19.2. The lowest BCUT2D eigenvalue weighted by Gasteiger charge is -2.25. The number of hydrogen-bond donors (Lipinski definition) is 1. The van der Waals surface area contributed by atoms with Crippen LogP contribution in [0.25, 0.3) is 0 Å². The van der Waals surface area contributed by atoms with Gasteiger partial charge in [0.25, 0.3) is 5.69 Å². The Morgan fingerprint density at radius 3 is 2.63 bits per heavy atom. The third kappa shape index (κ3) is 4.25. The Hall–Kier alpha value is -2.52. The molecule has 3 rings (SSSR count). The van der Waals surface area contributed by atoms with E-state index in [0.717, 1.165) is 36.5 Å². The van der Waals surface area contributed by atoms with E-state index in [2.05, 4.69) is 10.3 Å². The number of nitrogens with zero attached hydrogens (tertiary/aromatic N) is 3. The number of nitrogens with one attached hydrogen (secondary N) is 1. The zero-order valence-electron chi connectivity index (χ0n) is 15.1. The van der Waals surface area contributed by atoms with Gasteiger partial charge < -0.3 is 5.32 Å². The molecule has 0 amide bonds. The minimum atomic E-state index is -3.72. The standard InChI is InChI=1S/C18H22N4O4S/c1-14-12-19-8-7-15(14)13-20-17-6-5-16(11-18(17)22(23)24)27(25,26)21-9-3-2-4-10-21/h5-8,11-12,20H,2-4,9-10,13H2,1H3. The highest BCUT2D eigenvalue weighted by molar-refractivity contribution is 7.89. The van der Waals surface area contributed by atoms with Crippen LogP contribution in [0.5, 0.6) is 0 Å². The molecule has 0 unspecified atom stereocenters. The zero-order chi connectivity index (χ0) is 19.4. The fourth-order valence-corrected chi connectivity index (χ4v) is 4.66. The molecule has 0 atom stereocenters. The Kier molecular flexibility index (Phi) is 5.71. The van der Waals surface area contributed by atoms with Crippen LogP contribution in [-0.2, 0) is 16.6 Å². The van der Waals surface area contributed by atoms with Gasteiger partial charge in [0, 0.05) is 38.1 Å². The molecule has 1 saturated heterocycles. The Bertz CT molecular complexity index is 940. The van der Waals surface area contributed by atoms with E-state index < -0.39 is 14.9 Å². The zero-order valence-corrected chi connectivity index (χ0v) is 15.9. The summed E-state index contributed by atoms with van der Waals surface area (Å²) in [7, 11) is -3.72. The smallest absolute Gasteiger partial charge is 0.293 e. The van der Waals surface area contributed by atoms with Crippen molar-refractivity contribution in [3.63, 3.8) is 0 Å². The summed E-state index contributed by atoms with van der Waals surface area (Å²) in [4.78, 5) is 14.9. The second-order valence-electron chi connectivity index (χ2n) is 6.56. The van der Waals surface area contributed by atoms with Gasteiger partial charge >= 0.3 is 0 Å². The van der Waals surface area contributed by atoms with Crippen molar-refractivity contribution >= 4 is 21.4 Å². The molecular weight excluding hydrogens is 368 g/mol. The molecule has 0 bridgehead atoms. The predicted octanol–water partition coefficient (Wildman–Crippen LogP) is 3.08. The van der Waals surface area contributed by atoms with Crippen molar-refractivity contribution in [2.24, 2.45) is 0 Å². The Balaban J connectivity index is 1.86. The number of hydrogen-bond acceptors (Lipinski definition) is 6. The van der Waals surface area contributed by atoms with Crippen molar-refractivity contribution in [2.75, 3.05) is 18.4 Å². The van der Waals surface area contributed by atoms with Crippen molar-refractivity contribution in [1.29, 1.82) is 0 Å². The summed E-state index contributed by atoms with van der Waals surface area (Å²) in [5.74, 6) is 0. The highest BCUT2D eigenvalue weighted by Crippen LogP contribution is 2.30. The van der Waals surface area contributed by atoms with E-state index in [-0.39, 0.29) is 16.3 Å². The van der Waals surface area contributed by atoms with Gasteiger partial charge in [-0.2, -0.15) is 4.31 Å². The van der Waals surface area contributed by atoms with Crippen LogP contribution in [-0.4, -0.2) is 35.7 Å². The van der Waals surface area contributed by atoms with E-state index in [1.807, 2.05) is 13.0 Å². The van der Waals surface area contributed by atoms with Crippen molar-refractivity contribution < 1.29 is 13.3 Å². The SMILES string of the molecule is Cc1cnccc1CNc1ccc(S(=O)(=O)N2CCCCC2)cc1[N+](=O)[O-]. The van der Waals surface area contributed by atoms with Gasteiger partial charge in [-0.1, -0.05) is 6.42 Å². The van der Waals surface area contributed by atoms with E-state index >= 15 is 0 Å². The molecule has 1 fully saturated rings. The molecule has 0 aliphatic carbocycles. The lowest BCUT2D eigenvalue weighted by molar-refractivity contribution is -0.384. The number of sulfonamides is 1. The number of piperidine rings is 1. The van der Waals surface area contributed by atoms with Crippen molar-refractivity contribution in [2.45, 2.75) is 37.6 Å². The summed E-state index contributed by atoms with van der Waals surface area (Å²) in [5.41, 5.74) is 1.97. The summed E-state index contributed by atoms with van der Waals surface area (Å²) in [6, 6.07) is 5.87. The number of nitro groups is 1. The molecule has 0 saturated carbocycles. The highest BCUT2D eigenvalue weighted by atomic mass is 32.2. The maximum absolute atomic E-state index is 12.8. The fraction of sp³-hybridized carbons (Fsp3) is 0.389. The molecule has 9 heteroatoms. The predicted molar refractivity (Wildman–Crippen MR) is 102 cm³/mol. The van der Waals surface area contributed by atoms with Crippen molar-refractivity contribution in [3.05, 3.63) is 57.9 Å². The molecule has 1 aliphatic rings. The van der Waals surface area contributed by atoms with E-state index in [1.54, 1.807) is 12.4 Å². The van der Waals surface area contributed by atoms with Crippen molar-refractivity contribution in [3.8, 4) is 0 Å². The average molecular weight is 390 g/mol. The summed E-state index contributed by atoms with van der Waals surface area (Å²) in [6.45, 7) is 3.20. The molecule has 144 valence electrons. The number of benzene rings is 1. The van der Waals surface area contributed by atoms with Gasteiger partial charge in [-0.05, 0) is 49.1 Å². The van der Waals surface area contributed by atoms with Gasteiger partial charge in [-0.3, -0.25) is 15.1 Å². The molecule has 1 aromatic carbocycles. The number of anilines is 1. The third-order valence-corrected chi connectivity index (χ3v) is 6.62. The molecule has 27 heavy (non-hydrogen) atoms. The average Bonchev–Trinajstić information content (AvgIpc) is 2.68. The molecule has 2 heterocycles. The van der Waals surface area contributed by atoms with E-state index in [9.17, 15) is 18.5 Å². The van der Waals surface area contributed by atoms with E-state index in [1.165, 1.54) is 16.4 Å². The van der Waals surface area contributed by atoms with Crippen LogP contribution in [0.2, 0.25) is 0 Å². The lowest BCUT2D eigenvalue weighted by atomic mass is 10.1. The van der Waals surface area contributed by atoms with Crippen LogP contribution in [0.3, 0.4) is 0 Å².